The Bertz CT molecular complexity index is 457. The highest BCUT2D eigenvalue weighted by Crippen LogP contribution is 2.08. The van der Waals surface area contributed by atoms with Gasteiger partial charge >= 0.3 is 0 Å². The number of nitrogens with zero attached hydrogens (tertiary/aromatic N) is 3. The van der Waals surface area contributed by atoms with Gasteiger partial charge in [0.2, 0.25) is 5.78 Å². The molecular weight excluding hydrogens is 205 g/mol. The summed E-state index contributed by atoms with van der Waals surface area (Å²) in [5.41, 5.74) is 0.389. The molecule has 0 amide bonds. The van der Waals surface area contributed by atoms with Gasteiger partial charge in [0, 0.05) is 17.1 Å². The topological polar surface area (TPSA) is 55.7 Å². The molecule has 0 N–H and O–H groups in total. The van der Waals surface area contributed by atoms with Gasteiger partial charge in [-0.25, -0.2) is 4.39 Å². The maximum Gasteiger partial charge on any atom is 0.215 e. The zero-order valence-electron chi connectivity index (χ0n) is 6.85. The van der Waals surface area contributed by atoms with Crippen LogP contribution < -0.4 is 0 Å². The van der Waals surface area contributed by atoms with E-state index >= 15 is 0 Å². The predicted molar refractivity (Wildman–Crippen MR) is 47.5 cm³/mol. The van der Waals surface area contributed by atoms with Crippen LogP contribution in [0.5, 0.6) is 0 Å². The smallest absolute Gasteiger partial charge is 0.215 e. The van der Waals surface area contributed by atoms with Gasteiger partial charge in [0.15, 0.2) is 0 Å². The first kappa shape index (κ1) is 8.89. The second-order valence-corrected chi connectivity index (χ2v) is 3.12. The number of carbonyl (C=O) groups is 1. The lowest BCUT2D eigenvalue weighted by Crippen LogP contribution is -2.02. The molecule has 0 radical (unpaired) electrons. The normalized spacial score (nSPS) is 10.1. The van der Waals surface area contributed by atoms with Crippen LogP contribution in [0.4, 0.5) is 4.39 Å². The maximum absolute atomic E-state index is 12.7. The van der Waals surface area contributed by atoms with E-state index < -0.39 is 5.82 Å². The summed E-state index contributed by atoms with van der Waals surface area (Å²) in [5, 5.41) is 5.10. The molecule has 0 unspecified atom stereocenters. The van der Waals surface area contributed by atoms with Crippen molar-refractivity contribution in [2.45, 2.75) is 0 Å². The number of hydrogen-bond acceptors (Lipinski definition) is 5. The first-order valence-corrected chi connectivity index (χ1v) is 4.53. The van der Waals surface area contributed by atoms with Crippen LogP contribution in [0, 0.1) is 5.82 Å². The number of aromatic nitrogens is 3. The average molecular weight is 209 g/mol. The summed E-state index contributed by atoms with van der Waals surface area (Å²) in [6.07, 6.45) is 2.33. The highest BCUT2D eigenvalue weighted by molar-refractivity contribution is 7.03. The summed E-state index contributed by atoms with van der Waals surface area (Å²) in [6, 6.07) is 1.12. The maximum atomic E-state index is 12.7. The Hall–Kier alpha value is -1.69. The third-order valence-electron chi connectivity index (χ3n) is 1.56. The Labute approximate surface area is 82.6 Å². The summed E-state index contributed by atoms with van der Waals surface area (Å²) in [7, 11) is 0. The van der Waals surface area contributed by atoms with E-state index in [1.807, 2.05) is 0 Å². The summed E-state index contributed by atoms with van der Waals surface area (Å²) < 4.78 is 16.3. The number of rotatable bonds is 2. The van der Waals surface area contributed by atoms with E-state index in [-0.39, 0.29) is 17.0 Å². The lowest BCUT2D eigenvalue weighted by Gasteiger charge is -1.95. The van der Waals surface area contributed by atoms with Crippen LogP contribution in [0.2, 0.25) is 0 Å². The van der Waals surface area contributed by atoms with Crippen LogP contribution in [0.3, 0.4) is 0 Å². The van der Waals surface area contributed by atoms with Crippen molar-refractivity contribution in [3.05, 3.63) is 40.9 Å². The lowest BCUT2D eigenvalue weighted by molar-refractivity contribution is 0.103. The molecule has 6 heteroatoms. The molecule has 14 heavy (non-hydrogen) atoms. The molecule has 0 atom stereocenters. The van der Waals surface area contributed by atoms with Gasteiger partial charge in [-0.1, -0.05) is 4.49 Å². The van der Waals surface area contributed by atoms with Gasteiger partial charge in [0.05, 0.1) is 6.20 Å². The number of hydrogen-bond donors (Lipinski definition) is 0. The second kappa shape index (κ2) is 3.59. The first-order valence-electron chi connectivity index (χ1n) is 3.69. The van der Waals surface area contributed by atoms with E-state index in [0.29, 0.717) is 0 Å². The minimum absolute atomic E-state index is 0.178. The van der Waals surface area contributed by atoms with E-state index in [4.69, 9.17) is 0 Å². The Morgan fingerprint density at radius 1 is 1.43 bits per heavy atom. The Morgan fingerprint density at radius 3 is 2.93 bits per heavy atom. The largest absolute Gasteiger partial charge is 0.287 e. The molecule has 0 saturated carbocycles. The van der Waals surface area contributed by atoms with E-state index in [2.05, 4.69) is 14.6 Å². The average Bonchev–Trinajstić information content (AvgIpc) is 2.69. The van der Waals surface area contributed by atoms with Crippen molar-refractivity contribution in [1.82, 2.24) is 14.6 Å². The van der Waals surface area contributed by atoms with Crippen molar-refractivity contribution in [2.75, 3.05) is 0 Å². The van der Waals surface area contributed by atoms with Gasteiger partial charge in [-0.2, -0.15) is 0 Å². The van der Waals surface area contributed by atoms with Gasteiger partial charge in [-0.15, -0.1) is 5.10 Å². The fraction of sp³-hybridized carbons (Fsp3) is 0. The molecule has 0 fully saturated rings. The van der Waals surface area contributed by atoms with E-state index in [0.717, 1.165) is 23.8 Å². The van der Waals surface area contributed by atoms with Crippen molar-refractivity contribution in [2.24, 2.45) is 0 Å². The van der Waals surface area contributed by atoms with Gasteiger partial charge in [-0.3, -0.25) is 9.78 Å². The van der Waals surface area contributed by atoms with Crippen LogP contribution in [0.1, 0.15) is 16.1 Å². The van der Waals surface area contributed by atoms with Crippen LogP contribution in [0.15, 0.2) is 23.8 Å². The van der Waals surface area contributed by atoms with Crippen LogP contribution in [-0.2, 0) is 0 Å². The quantitative estimate of drug-likeness (QED) is 0.699. The van der Waals surface area contributed by atoms with Gasteiger partial charge < -0.3 is 0 Å². The molecule has 2 aromatic rings. The molecule has 0 aliphatic heterocycles. The minimum atomic E-state index is -0.543. The van der Waals surface area contributed by atoms with Gasteiger partial charge in [0.25, 0.3) is 0 Å². The number of halogens is 1. The summed E-state index contributed by atoms with van der Waals surface area (Å²) in [6.45, 7) is 0. The Kier molecular flexibility index (Phi) is 2.28. The molecule has 0 saturated heterocycles. The molecule has 0 spiro atoms. The zero-order chi connectivity index (χ0) is 9.97. The van der Waals surface area contributed by atoms with Gasteiger partial charge in [0.1, 0.15) is 11.5 Å². The fourth-order valence-electron chi connectivity index (χ4n) is 0.947. The van der Waals surface area contributed by atoms with E-state index in [9.17, 15) is 9.18 Å². The highest BCUT2D eigenvalue weighted by Gasteiger charge is 2.12. The lowest BCUT2D eigenvalue weighted by atomic mass is 10.1. The van der Waals surface area contributed by atoms with Crippen molar-refractivity contribution in [3.63, 3.8) is 0 Å². The predicted octanol–water partition coefficient (Wildman–Crippen LogP) is 1.30. The molecule has 0 aromatic carbocycles. The molecule has 0 aliphatic rings. The van der Waals surface area contributed by atoms with Crippen molar-refractivity contribution >= 4 is 17.3 Å². The second-order valence-electron chi connectivity index (χ2n) is 2.51. The molecule has 4 nitrogen and oxygen atoms in total. The van der Waals surface area contributed by atoms with Gasteiger partial charge in [-0.05, 0) is 17.6 Å². The van der Waals surface area contributed by atoms with Crippen LogP contribution >= 0.6 is 11.5 Å². The van der Waals surface area contributed by atoms with Crippen molar-refractivity contribution < 1.29 is 9.18 Å². The summed E-state index contributed by atoms with van der Waals surface area (Å²) in [5.74, 6) is -0.912. The number of pyridine rings is 1. The third kappa shape index (κ3) is 1.64. The number of ketones is 1. The molecule has 2 aromatic heterocycles. The van der Waals surface area contributed by atoms with E-state index in [1.54, 1.807) is 0 Å². The molecule has 2 heterocycles. The van der Waals surface area contributed by atoms with Crippen molar-refractivity contribution in [1.29, 1.82) is 0 Å². The van der Waals surface area contributed by atoms with Crippen LogP contribution in [0.25, 0.3) is 0 Å². The fourth-order valence-corrected chi connectivity index (χ4v) is 1.38. The first-order chi connectivity index (χ1) is 6.77. The highest BCUT2D eigenvalue weighted by atomic mass is 32.1. The Morgan fingerprint density at radius 2 is 2.29 bits per heavy atom. The number of carbonyl (C=O) groups excluding carboxylic acids is 1. The standard InChI is InChI=1S/C8H4FN3OS/c9-6-1-5(2-10-3-6)8(13)7-4-14-12-11-7/h1-4H. The molecule has 70 valence electrons. The molecular formula is C8H4FN3OS. The molecule has 2 rings (SSSR count). The zero-order valence-corrected chi connectivity index (χ0v) is 7.66. The molecule has 0 aliphatic carbocycles. The SMILES string of the molecule is O=C(c1cncc(F)c1)c1csnn1. The third-order valence-corrected chi connectivity index (χ3v) is 2.06. The van der Waals surface area contributed by atoms with E-state index in [1.165, 1.54) is 11.6 Å². The van der Waals surface area contributed by atoms with Crippen molar-refractivity contribution in [3.8, 4) is 0 Å². The summed E-state index contributed by atoms with van der Waals surface area (Å²) >= 11 is 1.07. The molecule has 0 bridgehead atoms. The van der Waals surface area contributed by atoms with Crippen LogP contribution in [-0.4, -0.2) is 20.4 Å². The monoisotopic (exact) mass is 209 g/mol. The minimum Gasteiger partial charge on any atom is -0.287 e. The Balaban J connectivity index is 2.37. The summed E-state index contributed by atoms with van der Waals surface area (Å²) in [4.78, 5) is 15.1.